The molecular formula is C26H32N4O4. The molecule has 2 aromatic carbocycles. The largest absolute Gasteiger partial charge is 0.493 e. The Hall–Kier alpha value is -3.39. The van der Waals surface area contributed by atoms with Crippen LogP contribution < -0.4 is 14.8 Å². The van der Waals surface area contributed by atoms with Crippen molar-refractivity contribution in [1.82, 2.24) is 20.4 Å². The molecule has 34 heavy (non-hydrogen) atoms. The molecule has 1 unspecified atom stereocenters. The van der Waals surface area contributed by atoms with Crippen molar-refractivity contribution in [2.45, 2.75) is 32.7 Å². The average molecular weight is 465 g/mol. The van der Waals surface area contributed by atoms with E-state index in [4.69, 9.17) is 14.0 Å². The Morgan fingerprint density at radius 3 is 2.79 bits per heavy atom. The van der Waals surface area contributed by atoms with E-state index in [1.807, 2.05) is 49.4 Å². The highest BCUT2D eigenvalue weighted by molar-refractivity contribution is 5.79. The summed E-state index contributed by atoms with van der Waals surface area (Å²) in [5.41, 5.74) is 3.17. The van der Waals surface area contributed by atoms with Crippen LogP contribution in [0.2, 0.25) is 0 Å². The van der Waals surface area contributed by atoms with Gasteiger partial charge in [0.25, 0.3) is 0 Å². The topological polar surface area (TPSA) is 89.7 Å². The second-order valence-corrected chi connectivity index (χ2v) is 8.63. The lowest BCUT2D eigenvalue weighted by molar-refractivity contribution is -0.126. The van der Waals surface area contributed by atoms with Gasteiger partial charge in [-0.3, -0.25) is 9.69 Å². The van der Waals surface area contributed by atoms with Crippen LogP contribution in [0.4, 0.5) is 0 Å². The van der Waals surface area contributed by atoms with Crippen molar-refractivity contribution < 1.29 is 18.8 Å². The Kier molecular flexibility index (Phi) is 7.80. The molecular weight excluding hydrogens is 432 g/mol. The fourth-order valence-corrected chi connectivity index (χ4v) is 4.37. The molecule has 0 spiro atoms. The number of benzene rings is 2. The van der Waals surface area contributed by atoms with Crippen molar-refractivity contribution in [2.75, 3.05) is 33.9 Å². The molecule has 0 aliphatic carbocycles. The Bertz CT molecular complexity index is 1110. The summed E-state index contributed by atoms with van der Waals surface area (Å²) in [6, 6.07) is 13.8. The zero-order chi connectivity index (χ0) is 23.9. The van der Waals surface area contributed by atoms with Crippen LogP contribution in [0.3, 0.4) is 0 Å². The summed E-state index contributed by atoms with van der Waals surface area (Å²) in [6.45, 7) is 4.76. The lowest BCUT2D eigenvalue weighted by Gasteiger charge is -2.30. The first kappa shape index (κ1) is 23.8. The van der Waals surface area contributed by atoms with E-state index in [1.165, 1.54) is 0 Å². The number of rotatable bonds is 9. The molecule has 0 bridgehead atoms. The summed E-state index contributed by atoms with van der Waals surface area (Å²) < 4.78 is 16.1. The molecule has 8 nitrogen and oxygen atoms in total. The summed E-state index contributed by atoms with van der Waals surface area (Å²) >= 11 is 0. The number of ether oxygens (including phenoxy) is 2. The molecule has 1 amide bonds. The Balaban J connectivity index is 1.27. The van der Waals surface area contributed by atoms with Gasteiger partial charge in [-0.1, -0.05) is 35.5 Å². The molecule has 0 saturated carbocycles. The number of aryl methyl sites for hydroxylation is 1. The van der Waals surface area contributed by atoms with Crippen molar-refractivity contribution in [3.05, 3.63) is 59.5 Å². The summed E-state index contributed by atoms with van der Waals surface area (Å²) in [5.74, 6) is 2.63. The predicted octanol–water partition coefficient (Wildman–Crippen LogP) is 3.63. The first-order valence-corrected chi connectivity index (χ1v) is 11.7. The van der Waals surface area contributed by atoms with Crippen molar-refractivity contribution in [1.29, 1.82) is 0 Å². The van der Waals surface area contributed by atoms with Gasteiger partial charge in [-0.25, -0.2) is 0 Å². The first-order chi connectivity index (χ1) is 16.6. The Morgan fingerprint density at radius 1 is 1.18 bits per heavy atom. The number of carbonyl (C=O) groups excluding carboxylic acids is 1. The molecule has 1 N–H and O–H groups in total. The van der Waals surface area contributed by atoms with Gasteiger partial charge in [0, 0.05) is 18.7 Å². The van der Waals surface area contributed by atoms with E-state index in [-0.39, 0.29) is 11.8 Å². The van der Waals surface area contributed by atoms with Crippen LogP contribution in [0.5, 0.6) is 11.5 Å². The molecule has 1 fully saturated rings. The predicted molar refractivity (Wildman–Crippen MR) is 129 cm³/mol. The third-order valence-corrected chi connectivity index (χ3v) is 6.25. The minimum atomic E-state index is -0.0436. The van der Waals surface area contributed by atoms with Crippen LogP contribution in [-0.4, -0.2) is 54.8 Å². The van der Waals surface area contributed by atoms with Gasteiger partial charge in [0.15, 0.2) is 11.5 Å². The molecule has 2 heterocycles. The third-order valence-electron chi connectivity index (χ3n) is 6.25. The van der Waals surface area contributed by atoms with Crippen LogP contribution in [0.1, 0.15) is 29.9 Å². The minimum Gasteiger partial charge on any atom is -0.493 e. The second-order valence-electron chi connectivity index (χ2n) is 8.63. The quantitative estimate of drug-likeness (QED) is 0.517. The summed E-state index contributed by atoms with van der Waals surface area (Å²) in [7, 11) is 3.24. The molecule has 8 heteroatoms. The zero-order valence-corrected chi connectivity index (χ0v) is 20.0. The number of hydrogen-bond donors (Lipinski definition) is 1. The molecule has 1 atom stereocenters. The molecule has 180 valence electrons. The molecule has 1 saturated heterocycles. The summed E-state index contributed by atoms with van der Waals surface area (Å²) in [4.78, 5) is 19.6. The van der Waals surface area contributed by atoms with E-state index in [2.05, 4.69) is 20.4 Å². The van der Waals surface area contributed by atoms with E-state index in [9.17, 15) is 4.79 Å². The number of hydrogen-bond acceptors (Lipinski definition) is 7. The maximum atomic E-state index is 12.8. The number of amides is 1. The Morgan fingerprint density at radius 2 is 2.00 bits per heavy atom. The average Bonchev–Trinajstić information content (AvgIpc) is 3.32. The number of nitrogens with zero attached hydrogens (tertiary/aromatic N) is 3. The van der Waals surface area contributed by atoms with Gasteiger partial charge in [-0.05, 0) is 56.0 Å². The van der Waals surface area contributed by atoms with Gasteiger partial charge in [-0.2, -0.15) is 4.98 Å². The number of likely N-dealkylation sites (tertiary alicyclic amines) is 1. The van der Waals surface area contributed by atoms with Gasteiger partial charge in [0.05, 0.1) is 26.7 Å². The highest BCUT2D eigenvalue weighted by Crippen LogP contribution is 2.27. The van der Waals surface area contributed by atoms with Crippen LogP contribution >= 0.6 is 0 Å². The van der Waals surface area contributed by atoms with Gasteiger partial charge >= 0.3 is 0 Å². The molecule has 3 aromatic rings. The maximum Gasteiger partial charge on any atom is 0.241 e. The Labute approximate surface area is 200 Å². The fourth-order valence-electron chi connectivity index (χ4n) is 4.37. The van der Waals surface area contributed by atoms with Crippen LogP contribution in [0.15, 0.2) is 47.0 Å². The monoisotopic (exact) mass is 464 g/mol. The number of piperidine rings is 1. The fraction of sp³-hybridized carbons (Fsp3) is 0.423. The van der Waals surface area contributed by atoms with Crippen molar-refractivity contribution in [2.24, 2.45) is 5.92 Å². The SMILES string of the molecule is COc1ccc(CCNC(=O)C2CCCN(Cc3nc(-c4ccccc4C)no3)C2)cc1OC. The molecule has 4 rings (SSSR count). The van der Waals surface area contributed by atoms with E-state index in [1.54, 1.807) is 14.2 Å². The lowest BCUT2D eigenvalue weighted by Crippen LogP contribution is -2.43. The molecule has 1 aliphatic heterocycles. The number of nitrogens with one attached hydrogen (secondary N) is 1. The number of methoxy groups -OCH3 is 2. The lowest BCUT2D eigenvalue weighted by atomic mass is 9.97. The maximum absolute atomic E-state index is 12.8. The normalized spacial score (nSPS) is 16.3. The highest BCUT2D eigenvalue weighted by Gasteiger charge is 2.27. The van der Waals surface area contributed by atoms with E-state index in [0.29, 0.717) is 42.8 Å². The van der Waals surface area contributed by atoms with Crippen LogP contribution in [-0.2, 0) is 17.8 Å². The molecule has 1 aliphatic rings. The van der Waals surface area contributed by atoms with Crippen molar-refractivity contribution in [3.63, 3.8) is 0 Å². The van der Waals surface area contributed by atoms with Gasteiger partial charge in [0.1, 0.15) is 0 Å². The standard InChI is InChI=1S/C26H32N4O4/c1-18-7-4-5-9-21(18)25-28-24(34-29-25)17-30-14-6-8-20(16-30)26(31)27-13-12-19-10-11-22(32-2)23(15-19)33-3/h4-5,7,9-11,15,20H,6,8,12-14,16-17H2,1-3H3,(H,27,31). The van der Waals surface area contributed by atoms with Gasteiger partial charge in [-0.15, -0.1) is 0 Å². The summed E-state index contributed by atoms with van der Waals surface area (Å²) in [6.07, 6.45) is 2.58. The second kappa shape index (κ2) is 11.2. The third kappa shape index (κ3) is 5.75. The smallest absolute Gasteiger partial charge is 0.241 e. The summed E-state index contributed by atoms with van der Waals surface area (Å²) in [5, 5.41) is 7.24. The number of carbonyl (C=O) groups is 1. The van der Waals surface area contributed by atoms with Crippen molar-refractivity contribution in [3.8, 4) is 22.9 Å². The van der Waals surface area contributed by atoms with Gasteiger partial charge in [0.2, 0.25) is 17.6 Å². The van der Waals surface area contributed by atoms with E-state index < -0.39 is 0 Å². The molecule has 0 radical (unpaired) electrons. The molecule has 1 aromatic heterocycles. The van der Waals surface area contributed by atoms with Crippen LogP contribution in [0, 0.1) is 12.8 Å². The highest BCUT2D eigenvalue weighted by atomic mass is 16.5. The first-order valence-electron chi connectivity index (χ1n) is 11.7. The van der Waals surface area contributed by atoms with Gasteiger partial charge < -0.3 is 19.3 Å². The van der Waals surface area contributed by atoms with Crippen LogP contribution in [0.25, 0.3) is 11.4 Å². The van der Waals surface area contributed by atoms with E-state index >= 15 is 0 Å². The number of aromatic nitrogens is 2. The minimum absolute atomic E-state index is 0.0436. The zero-order valence-electron chi connectivity index (χ0n) is 20.0. The van der Waals surface area contributed by atoms with E-state index in [0.717, 1.165) is 42.5 Å². The van der Waals surface area contributed by atoms with Crippen molar-refractivity contribution >= 4 is 5.91 Å².